The van der Waals surface area contributed by atoms with Gasteiger partial charge in [0, 0.05) is 45.6 Å². The van der Waals surface area contributed by atoms with Crippen LogP contribution >= 0.6 is 0 Å². The number of nitrogens with two attached hydrogens (primary N) is 1. The molecule has 0 bridgehead atoms. The van der Waals surface area contributed by atoms with Gasteiger partial charge in [0.15, 0.2) is 0 Å². The summed E-state index contributed by atoms with van der Waals surface area (Å²) in [5, 5.41) is 8.57. The second-order valence-corrected chi connectivity index (χ2v) is 5.86. The van der Waals surface area contributed by atoms with Gasteiger partial charge < -0.3 is 10.6 Å². The molecule has 1 aliphatic heterocycles. The van der Waals surface area contributed by atoms with Crippen LogP contribution in [0.25, 0.3) is 0 Å². The first kappa shape index (κ1) is 14.3. The third-order valence-electron chi connectivity index (χ3n) is 4.64. The van der Waals surface area contributed by atoms with Crippen LogP contribution in [0.2, 0.25) is 0 Å². The molecule has 2 aliphatic rings. The number of rotatable bonds is 5. The van der Waals surface area contributed by atoms with E-state index >= 15 is 0 Å². The van der Waals surface area contributed by atoms with Gasteiger partial charge in [-0.25, -0.2) is 0 Å². The molecule has 1 aliphatic carbocycles. The van der Waals surface area contributed by atoms with E-state index < -0.39 is 0 Å². The SMILES string of the molecule is N#CCCN1CCN(C(=O)CC2(CN)CCC2)CC1. The first-order chi connectivity index (χ1) is 9.19. The molecular weight excluding hydrogens is 240 g/mol. The van der Waals surface area contributed by atoms with E-state index in [0.717, 1.165) is 45.6 Å². The topological polar surface area (TPSA) is 73.4 Å². The first-order valence-corrected chi connectivity index (χ1v) is 7.26. The van der Waals surface area contributed by atoms with E-state index in [2.05, 4.69) is 11.0 Å². The zero-order valence-corrected chi connectivity index (χ0v) is 11.6. The molecule has 2 N–H and O–H groups in total. The van der Waals surface area contributed by atoms with E-state index in [1.165, 1.54) is 6.42 Å². The lowest BCUT2D eigenvalue weighted by Gasteiger charge is -2.42. The van der Waals surface area contributed by atoms with E-state index in [-0.39, 0.29) is 11.3 Å². The van der Waals surface area contributed by atoms with Gasteiger partial charge in [0.05, 0.1) is 6.07 Å². The minimum atomic E-state index is 0.106. The summed E-state index contributed by atoms with van der Waals surface area (Å²) in [6, 6.07) is 2.17. The molecule has 0 unspecified atom stereocenters. The summed E-state index contributed by atoms with van der Waals surface area (Å²) in [4.78, 5) is 16.5. The summed E-state index contributed by atoms with van der Waals surface area (Å²) in [5.74, 6) is 0.269. The fourth-order valence-corrected chi connectivity index (χ4v) is 2.99. The Bertz CT molecular complexity index is 345. The Hall–Kier alpha value is -1.12. The van der Waals surface area contributed by atoms with Crippen LogP contribution in [0, 0.1) is 16.7 Å². The minimum absolute atomic E-state index is 0.106. The van der Waals surface area contributed by atoms with Gasteiger partial charge in [-0.05, 0) is 24.8 Å². The molecule has 0 radical (unpaired) electrons. The summed E-state index contributed by atoms with van der Waals surface area (Å²) in [5.41, 5.74) is 5.92. The molecule has 1 heterocycles. The van der Waals surface area contributed by atoms with Crippen LogP contribution in [0.4, 0.5) is 0 Å². The van der Waals surface area contributed by atoms with E-state index in [9.17, 15) is 4.79 Å². The second kappa shape index (κ2) is 6.36. The zero-order valence-electron chi connectivity index (χ0n) is 11.6. The molecule has 0 aromatic rings. The molecule has 5 nitrogen and oxygen atoms in total. The Balaban J connectivity index is 1.75. The van der Waals surface area contributed by atoms with Crippen LogP contribution < -0.4 is 5.73 Å². The summed E-state index contributed by atoms with van der Waals surface area (Å²) >= 11 is 0. The molecule has 0 spiro atoms. The number of amides is 1. The number of hydrogen-bond donors (Lipinski definition) is 1. The van der Waals surface area contributed by atoms with Crippen LogP contribution in [0.5, 0.6) is 0 Å². The third kappa shape index (κ3) is 3.46. The van der Waals surface area contributed by atoms with Gasteiger partial charge in [-0.15, -0.1) is 0 Å². The fourth-order valence-electron chi connectivity index (χ4n) is 2.99. The molecular formula is C14H24N4O. The first-order valence-electron chi connectivity index (χ1n) is 7.26. The van der Waals surface area contributed by atoms with Crippen LogP contribution in [0.1, 0.15) is 32.1 Å². The number of piperazine rings is 1. The van der Waals surface area contributed by atoms with Crippen molar-refractivity contribution < 1.29 is 4.79 Å². The molecule has 2 fully saturated rings. The van der Waals surface area contributed by atoms with Gasteiger partial charge in [-0.3, -0.25) is 9.69 Å². The maximum Gasteiger partial charge on any atom is 0.223 e. The van der Waals surface area contributed by atoms with Gasteiger partial charge in [-0.1, -0.05) is 6.42 Å². The number of carbonyl (C=O) groups excluding carboxylic acids is 1. The molecule has 0 aromatic heterocycles. The Kier molecular flexibility index (Phi) is 4.78. The van der Waals surface area contributed by atoms with Crippen molar-refractivity contribution >= 4 is 5.91 Å². The van der Waals surface area contributed by atoms with Crippen molar-refractivity contribution in [1.29, 1.82) is 5.26 Å². The van der Waals surface area contributed by atoms with Gasteiger partial charge in [0.1, 0.15) is 0 Å². The van der Waals surface area contributed by atoms with Crippen molar-refractivity contribution in [3.8, 4) is 6.07 Å². The fraction of sp³-hybridized carbons (Fsp3) is 0.857. The van der Waals surface area contributed by atoms with Crippen LogP contribution in [0.15, 0.2) is 0 Å². The van der Waals surface area contributed by atoms with Gasteiger partial charge in [0.25, 0.3) is 0 Å². The normalized spacial score (nSPS) is 22.6. The molecule has 0 aromatic carbocycles. The van der Waals surface area contributed by atoms with E-state index in [1.807, 2.05) is 4.90 Å². The summed E-state index contributed by atoms with van der Waals surface area (Å²) < 4.78 is 0. The lowest BCUT2D eigenvalue weighted by molar-refractivity contribution is -0.136. The lowest BCUT2D eigenvalue weighted by atomic mass is 9.66. The van der Waals surface area contributed by atoms with Crippen LogP contribution in [-0.4, -0.2) is 55.0 Å². The minimum Gasteiger partial charge on any atom is -0.340 e. The lowest BCUT2D eigenvalue weighted by Crippen LogP contribution is -2.51. The predicted octanol–water partition coefficient (Wildman–Crippen LogP) is 0.563. The largest absolute Gasteiger partial charge is 0.340 e. The Morgan fingerprint density at radius 1 is 1.26 bits per heavy atom. The summed E-state index contributed by atoms with van der Waals surface area (Å²) in [6.07, 6.45) is 4.63. The highest BCUT2D eigenvalue weighted by Gasteiger charge is 2.38. The number of nitriles is 1. The average Bonchev–Trinajstić information content (AvgIpc) is 2.41. The zero-order chi connectivity index (χ0) is 13.7. The Labute approximate surface area is 115 Å². The highest BCUT2D eigenvalue weighted by atomic mass is 16.2. The third-order valence-corrected chi connectivity index (χ3v) is 4.64. The van der Waals surface area contributed by atoms with E-state index in [0.29, 0.717) is 19.4 Å². The standard InChI is InChI=1S/C14H24N4O/c15-5-2-6-17-7-9-18(10-8-17)13(19)11-14(12-16)3-1-4-14/h1-4,6-12,16H2. The Morgan fingerprint density at radius 3 is 2.42 bits per heavy atom. The van der Waals surface area contributed by atoms with Gasteiger partial charge in [0.2, 0.25) is 5.91 Å². The van der Waals surface area contributed by atoms with Crippen molar-refractivity contribution in [2.75, 3.05) is 39.3 Å². The van der Waals surface area contributed by atoms with Crippen molar-refractivity contribution in [3.05, 3.63) is 0 Å². The second-order valence-electron chi connectivity index (χ2n) is 5.86. The van der Waals surface area contributed by atoms with Crippen molar-refractivity contribution in [2.45, 2.75) is 32.1 Å². The molecule has 5 heteroatoms. The highest BCUT2D eigenvalue weighted by molar-refractivity contribution is 5.77. The molecule has 106 valence electrons. The van der Waals surface area contributed by atoms with Gasteiger partial charge in [-0.2, -0.15) is 5.26 Å². The van der Waals surface area contributed by atoms with Gasteiger partial charge >= 0.3 is 0 Å². The smallest absolute Gasteiger partial charge is 0.223 e. The summed E-state index contributed by atoms with van der Waals surface area (Å²) in [6.45, 7) is 4.84. The average molecular weight is 264 g/mol. The molecule has 1 saturated carbocycles. The molecule has 2 rings (SSSR count). The monoisotopic (exact) mass is 264 g/mol. The predicted molar refractivity (Wildman–Crippen MR) is 73.2 cm³/mol. The van der Waals surface area contributed by atoms with Crippen molar-refractivity contribution in [1.82, 2.24) is 9.80 Å². The number of nitrogens with zero attached hydrogens (tertiary/aromatic N) is 3. The number of hydrogen-bond acceptors (Lipinski definition) is 4. The quantitative estimate of drug-likeness (QED) is 0.787. The maximum absolute atomic E-state index is 12.3. The maximum atomic E-state index is 12.3. The molecule has 0 atom stereocenters. The highest BCUT2D eigenvalue weighted by Crippen LogP contribution is 2.43. The van der Waals surface area contributed by atoms with Crippen molar-refractivity contribution in [3.63, 3.8) is 0 Å². The van der Waals surface area contributed by atoms with E-state index in [1.54, 1.807) is 0 Å². The molecule has 19 heavy (non-hydrogen) atoms. The van der Waals surface area contributed by atoms with Crippen LogP contribution in [0.3, 0.4) is 0 Å². The van der Waals surface area contributed by atoms with Crippen LogP contribution in [-0.2, 0) is 4.79 Å². The Morgan fingerprint density at radius 2 is 1.95 bits per heavy atom. The molecule has 1 amide bonds. The molecule has 1 saturated heterocycles. The van der Waals surface area contributed by atoms with E-state index in [4.69, 9.17) is 11.0 Å². The summed E-state index contributed by atoms with van der Waals surface area (Å²) in [7, 11) is 0. The number of carbonyl (C=O) groups is 1. The van der Waals surface area contributed by atoms with Crippen molar-refractivity contribution in [2.24, 2.45) is 11.1 Å².